The van der Waals surface area contributed by atoms with Gasteiger partial charge in [0, 0.05) is 18.8 Å². The Morgan fingerprint density at radius 3 is 2.79 bits per heavy atom. The van der Waals surface area contributed by atoms with Gasteiger partial charge in [0.15, 0.2) is 17.1 Å². The van der Waals surface area contributed by atoms with Crippen molar-refractivity contribution in [3.05, 3.63) is 36.5 Å². The number of rotatable bonds is 2. The molecule has 3 rings (SSSR count). The van der Waals surface area contributed by atoms with Crippen LogP contribution in [0.5, 0.6) is 11.5 Å². The number of fused-ring (bicyclic) bond motifs is 1. The van der Waals surface area contributed by atoms with Crippen LogP contribution in [0.2, 0.25) is 0 Å². The molecule has 96 valence electrons. The molecule has 0 saturated heterocycles. The zero-order valence-electron chi connectivity index (χ0n) is 10.7. The van der Waals surface area contributed by atoms with E-state index in [1.807, 2.05) is 29.8 Å². The molecule has 5 nitrogen and oxygen atoms in total. The van der Waals surface area contributed by atoms with Gasteiger partial charge in [-0.2, -0.15) is 0 Å². The summed E-state index contributed by atoms with van der Waals surface area (Å²) in [6.07, 6.45) is 1.74. The number of ether oxygens (including phenoxy) is 1. The number of hydrogen-bond acceptors (Lipinski definition) is 4. The van der Waals surface area contributed by atoms with E-state index in [0.29, 0.717) is 5.75 Å². The van der Waals surface area contributed by atoms with Crippen LogP contribution in [-0.2, 0) is 7.05 Å². The fraction of sp³-hybridized carbons (Fsp3) is 0.143. The molecular formula is C14H13N3O2. The third kappa shape index (κ3) is 1.79. The molecule has 2 aromatic heterocycles. The van der Waals surface area contributed by atoms with Gasteiger partial charge in [0.2, 0.25) is 0 Å². The molecule has 0 spiro atoms. The highest BCUT2D eigenvalue weighted by molar-refractivity contribution is 5.77. The minimum atomic E-state index is 0.0972. The van der Waals surface area contributed by atoms with Crippen LogP contribution in [0.1, 0.15) is 0 Å². The van der Waals surface area contributed by atoms with E-state index in [9.17, 15) is 5.11 Å². The Labute approximate surface area is 110 Å². The van der Waals surface area contributed by atoms with E-state index in [1.54, 1.807) is 18.3 Å². The molecule has 1 N–H and O–H groups in total. The summed E-state index contributed by atoms with van der Waals surface area (Å²) in [4.78, 5) is 8.82. The smallest absolute Gasteiger partial charge is 0.160 e. The first kappa shape index (κ1) is 11.5. The first-order valence-electron chi connectivity index (χ1n) is 5.85. The minimum Gasteiger partial charge on any atom is -0.504 e. The molecule has 0 atom stereocenters. The van der Waals surface area contributed by atoms with Gasteiger partial charge in [0.25, 0.3) is 0 Å². The van der Waals surface area contributed by atoms with Crippen LogP contribution >= 0.6 is 0 Å². The van der Waals surface area contributed by atoms with Crippen LogP contribution in [0.25, 0.3) is 22.6 Å². The summed E-state index contributed by atoms with van der Waals surface area (Å²) in [5, 5.41) is 9.84. The lowest BCUT2D eigenvalue weighted by Crippen LogP contribution is -1.94. The van der Waals surface area contributed by atoms with Crippen LogP contribution in [0, 0.1) is 0 Å². The molecular weight excluding hydrogens is 242 g/mol. The van der Waals surface area contributed by atoms with E-state index in [2.05, 4.69) is 9.97 Å². The predicted molar refractivity (Wildman–Crippen MR) is 72.2 cm³/mol. The summed E-state index contributed by atoms with van der Waals surface area (Å²) in [5.74, 6) is 1.30. The number of aryl methyl sites for hydroxylation is 1. The van der Waals surface area contributed by atoms with E-state index < -0.39 is 0 Å². The van der Waals surface area contributed by atoms with Gasteiger partial charge in [-0.1, -0.05) is 0 Å². The monoisotopic (exact) mass is 255 g/mol. The third-order valence-electron chi connectivity index (χ3n) is 3.06. The molecule has 0 bridgehead atoms. The van der Waals surface area contributed by atoms with E-state index >= 15 is 0 Å². The fourth-order valence-corrected chi connectivity index (χ4v) is 2.11. The molecule has 0 amide bonds. The molecule has 5 heteroatoms. The van der Waals surface area contributed by atoms with Crippen molar-refractivity contribution in [2.45, 2.75) is 0 Å². The number of aromatic nitrogens is 3. The van der Waals surface area contributed by atoms with Gasteiger partial charge in [0.05, 0.1) is 7.11 Å². The van der Waals surface area contributed by atoms with Crippen LogP contribution in [0.3, 0.4) is 0 Å². The minimum absolute atomic E-state index is 0.0972. The van der Waals surface area contributed by atoms with Gasteiger partial charge in [-0.05, 0) is 30.3 Å². The van der Waals surface area contributed by atoms with Crippen molar-refractivity contribution in [3.63, 3.8) is 0 Å². The van der Waals surface area contributed by atoms with Crippen molar-refractivity contribution >= 4 is 11.2 Å². The Morgan fingerprint density at radius 1 is 1.26 bits per heavy atom. The predicted octanol–water partition coefficient (Wildman–Crippen LogP) is 2.35. The van der Waals surface area contributed by atoms with E-state index in [4.69, 9.17) is 4.74 Å². The fourth-order valence-electron chi connectivity index (χ4n) is 2.11. The molecule has 0 radical (unpaired) electrons. The first-order valence-corrected chi connectivity index (χ1v) is 5.85. The number of pyridine rings is 1. The van der Waals surface area contributed by atoms with Crippen LogP contribution in [-0.4, -0.2) is 26.8 Å². The maximum Gasteiger partial charge on any atom is 0.160 e. The topological polar surface area (TPSA) is 60.2 Å². The second-order valence-corrected chi connectivity index (χ2v) is 4.23. The van der Waals surface area contributed by atoms with Gasteiger partial charge >= 0.3 is 0 Å². The molecule has 0 saturated carbocycles. The average Bonchev–Trinajstić information content (AvgIpc) is 2.77. The van der Waals surface area contributed by atoms with E-state index in [1.165, 1.54) is 7.11 Å². The molecule has 3 aromatic rings. The molecule has 19 heavy (non-hydrogen) atoms. The lowest BCUT2D eigenvalue weighted by molar-refractivity contribution is 0.373. The number of aromatic hydroxyl groups is 1. The lowest BCUT2D eigenvalue weighted by Gasteiger charge is -2.06. The van der Waals surface area contributed by atoms with Crippen molar-refractivity contribution in [3.8, 4) is 22.9 Å². The number of imidazole rings is 1. The summed E-state index contributed by atoms with van der Waals surface area (Å²) in [7, 11) is 3.42. The number of benzene rings is 1. The summed E-state index contributed by atoms with van der Waals surface area (Å²) >= 11 is 0. The molecule has 0 fully saturated rings. The number of nitrogens with zero attached hydrogens (tertiary/aromatic N) is 3. The van der Waals surface area contributed by atoms with E-state index in [-0.39, 0.29) is 5.75 Å². The number of phenols is 1. The second kappa shape index (κ2) is 4.28. The third-order valence-corrected chi connectivity index (χ3v) is 3.06. The highest BCUT2D eigenvalue weighted by Crippen LogP contribution is 2.31. The van der Waals surface area contributed by atoms with Gasteiger partial charge < -0.3 is 14.4 Å². The van der Waals surface area contributed by atoms with Gasteiger partial charge in [-0.3, -0.25) is 0 Å². The van der Waals surface area contributed by atoms with Crippen molar-refractivity contribution in [2.24, 2.45) is 7.05 Å². The number of methoxy groups -OCH3 is 1. The normalized spacial score (nSPS) is 10.8. The van der Waals surface area contributed by atoms with Crippen molar-refractivity contribution in [2.75, 3.05) is 7.11 Å². The Balaban J connectivity index is 2.19. The quantitative estimate of drug-likeness (QED) is 0.763. The summed E-state index contributed by atoms with van der Waals surface area (Å²) in [6.45, 7) is 0. The summed E-state index contributed by atoms with van der Waals surface area (Å²) in [5.41, 5.74) is 2.46. The molecule has 2 heterocycles. The van der Waals surface area contributed by atoms with Crippen LogP contribution in [0.4, 0.5) is 0 Å². The molecule has 0 aliphatic heterocycles. The lowest BCUT2D eigenvalue weighted by atomic mass is 10.2. The van der Waals surface area contributed by atoms with Gasteiger partial charge in [-0.15, -0.1) is 0 Å². The molecule has 1 aromatic carbocycles. The van der Waals surface area contributed by atoms with E-state index in [0.717, 1.165) is 22.6 Å². The average molecular weight is 255 g/mol. The maximum absolute atomic E-state index is 9.84. The largest absolute Gasteiger partial charge is 0.504 e. The Hall–Kier alpha value is -2.56. The maximum atomic E-state index is 9.84. The van der Waals surface area contributed by atoms with Gasteiger partial charge in [-0.25, -0.2) is 9.97 Å². The molecule has 0 aliphatic carbocycles. The first-order chi connectivity index (χ1) is 9.20. The Bertz CT molecular complexity index is 750. The standard InChI is InChI=1S/C14H13N3O2/c1-17-13(16-10-4-3-7-15-14(10)17)9-5-6-12(19-2)11(18)8-9/h3-8,18H,1-2H3. The summed E-state index contributed by atoms with van der Waals surface area (Å²) in [6, 6.07) is 8.98. The highest BCUT2D eigenvalue weighted by Gasteiger charge is 2.12. The molecule has 0 unspecified atom stereocenters. The van der Waals surface area contributed by atoms with Crippen molar-refractivity contribution in [1.82, 2.24) is 14.5 Å². The van der Waals surface area contributed by atoms with Crippen molar-refractivity contribution < 1.29 is 9.84 Å². The van der Waals surface area contributed by atoms with Gasteiger partial charge in [0.1, 0.15) is 11.3 Å². The Morgan fingerprint density at radius 2 is 2.11 bits per heavy atom. The van der Waals surface area contributed by atoms with Crippen LogP contribution < -0.4 is 4.74 Å². The SMILES string of the molecule is COc1ccc(-c2nc3cccnc3n2C)cc1O. The van der Waals surface area contributed by atoms with Crippen LogP contribution in [0.15, 0.2) is 36.5 Å². The number of hydrogen-bond donors (Lipinski definition) is 1. The van der Waals surface area contributed by atoms with Crippen molar-refractivity contribution in [1.29, 1.82) is 0 Å². The Kier molecular flexibility index (Phi) is 2.59. The zero-order valence-corrected chi connectivity index (χ0v) is 10.7. The molecule has 0 aliphatic rings. The summed E-state index contributed by atoms with van der Waals surface area (Å²) < 4.78 is 6.93. The second-order valence-electron chi connectivity index (χ2n) is 4.23. The zero-order chi connectivity index (χ0) is 13.4. The number of phenolic OH excluding ortho intramolecular Hbond substituents is 1. The highest BCUT2D eigenvalue weighted by atomic mass is 16.5.